The zero-order chi connectivity index (χ0) is 13.9. The predicted molar refractivity (Wildman–Crippen MR) is 75.3 cm³/mol. The maximum atomic E-state index is 5.96. The molecule has 0 saturated carbocycles. The van der Waals surface area contributed by atoms with Crippen molar-refractivity contribution in [1.29, 1.82) is 0 Å². The van der Waals surface area contributed by atoms with Gasteiger partial charge in [-0.2, -0.15) is 4.98 Å². The molecule has 7 heteroatoms. The molecule has 0 aliphatic carbocycles. The van der Waals surface area contributed by atoms with Gasteiger partial charge in [-0.3, -0.25) is 4.57 Å². The van der Waals surface area contributed by atoms with E-state index in [1.54, 1.807) is 25.7 Å². The number of aryl methyl sites for hydroxylation is 2. The lowest BCUT2D eigenvalue weighted by Gasteiger charge is -2.07. The highest BCUT2D eigenvalue weighted by atomic mass is 16.5. The Labute approximate surface area is 116 Å². The standard InChI is InChI=1S/C13H16N6O/c1-20-11-4-3-10-12(17-11)19(13(14)16-10)7-2-6-18-8-5-15-9-18/h3-5,8-9H,2,6-7H2,1H3,(H2,14,16). The Morgan fingerprint density at radius 2 is 2.15 bits per heavy atom. The monoisotopic (exact) mass is 272 g/mol. The second-order valence-electron chi connectivity index (χ2n) is 4.47. The summed E-state index contributed by atoms with van der Waals surface area (Å²) in [5.41, 5.74) is 7.50. The van der Waals surface area contributed by atoms with E-state index >= 15 is 0 Å². The quantitative estimate of drug-likeness (QED) is 0.757. The Morgan fingerprint density at radius 3 is 2.90 bits per heavy atom. The maximum absolute atomic E-state index is 5.96. The van der Waals surface area contributed by atoms with Crippen LogP contribution in [0.25, 0.3) is 11.2 Å². The van der Waals surface area contributed by atoms with Crippen molar-refractivity contribution in [3.8, 4) is 5.88 Å². The summed E-state index contributed by atoms with van der Waals surface area (Å²) in [6, 6.07) is 3.65. The Balaban J connectivity index is 1.80. The third-order valence-electron chi connectivity index (χ3n) is 3.16. The van der Waals surface area contributed by atoms with Crippen LogP contribution in [0.2, 0.25) is 0 Å². The van der Waals surface area contributed by atoms with Gasteiger partial charge in [-0.15, -0.1) is 0 Å². The van der Waals surface area contributed by atoms with Crippen LogP contribution < -0.4 is 10.5 Å². The first-order valence-corrected chi connectivity index (χ1v) is 6.40. The normalized spacial score (nSPS) is 11.1. The Bertz CT molecular complexity index is 703. The zero-order valence-corrected chi connectivity index (χ0v) is 11.2. The Kier molecular flexibility index (Phi) is 3.24. The number of rotatable bonds is 5. The van der Waals surface area contributed by atoms with Crippen molar-refractivity contribution >= 4 is 17.1 Å². The summed E-state index contributed by atoms with van der Waals surface area (Å²) in [5, 5.41) is 0. The Morgan fingerprint density at radius 1 is 1.25 bits per heavy atom. The number of aromatic nitrogens is 5. The highest BCUT2D eigenvalue weighted by Gasteiger charge is 2.10. The minimum absolute atomic E-state index is 0.478. The van der Waals surface area contributed by atoms with Gasteiger partial charge >= 0.3 is 0 Å². The molecular formula is C13H16N6O. The molecule has 0 radical (unpaired) electrons. The molecule has 3 aromatic heterocycles. The number of hydrogen-bond acceptors (Lipinski definition) is 5. The number of nitrogens with two attached hydrogens (primary N) is 1. The molecule has 0 aliphatic heterocycles. The summed E-state index contributed by atoms with van der Waals surface area (Å²) in [7, 11) is 1.59. The average molecular weight is 272 g/mol. The molecule has 3 rings (SSSR count). The van der Waals surface area contributed by atoms with Crippen molar-refractivity contribution in [1.82, 2.24) is 24.1 Å². The number of fused-ring (bicyclic) bond motifs is 1. The largest absolute Gasteiger partial charge is 0.481 e. The molecule has 0 saturated heterocycles. The van der Waals surface area contributed by atoms with Crippen LogP contribution in [0.15, 0.2) is 30.9 Å². The molecule has 0 aromatic carbocycles. The van der Waals surface area contributed by atoms with Gasteiger partial charge < -0.3 is 15.0 Å². The molecule has 0 unspecified atom stereocenters. The predicted octanol–water partition coefficient (Wildman–Crippen LogP) is 1.31. The molecule has 3 heterocycles. The van der Waals surface area contributed by atoms with E-state index < -0.39 is 0 Å². The van der Waals surface area contributed by atoms with Crippen molar-refractivity contribution in [2.75, 3.05) is 12.8 Å². The summed E-state index contributed by atoms with van der Waals surface area (Å²) >= 11 is 0. The van der Waals surface area contributed by atoms with Crippen LogP contribution in [0.5, 0.6) is 5.88 Å². The number of anilines is 1. The van der Waals surface area contributed by atoms with Gasteiger partial charge in [-0.25, -0.2) is 9.97 Å². The van der Waals surface area contributed by atoms with Crippen LogP contribution in [0.3, 0.4) is 0 Å². The number of ether oxygens (including phenoxy) is 1. The van der Waals surface area contributed by atoms with Crippen LogP contribution in [-0.4, -0.2) is 31.2 Å². The summed E-state index contributed by atoms with van der Waals surface area (Å²) in [4.78, 5) is 12.7. The van der Waals surface area contributed by atoms with Gasteiger partial charge in [0, 0.05) is 31.5 Å². The lowest BCUT2D eigenvalue weighted by Crippen LogP contribution is -2.07. The molecular weight excluding hydrogens is 256 g/mol. The van der Waals surface area contributed by atoms with E-state index in [9.17, 15) is 0 Å². The lowest BCUT2D eigenvalue weighted by molar-refractivity contribution is 0.399. The number of hydrogen-bond donors (Lipinski definition) is 1. The Hall–Kier alpha value is -2.57. The van der Waals surface area contributed by atoms with E-state index in [0.717, 1.165) is 30.7 Å². The second kappa shape index (κ2) is 5.20. The average Bonchev–Trinajstić information content (AvgIpc) is 3.07. The molecule has 0 atom stereocenters. The van der Waals surface area contributed by atoms with Gasteiger partial charge in [0.05, 0.1) is 13.4 Å². The van der Waals surface area contributed by atoms with E-state index in [4.69, 9.17) is 10.5 Å². The number of methoxy groups -OCH3 is 1. The molecule has 0 amide bonds. The molecule has 2 N–H and O–H groups in total. The van der Waals surface area contributed by atoms with Gasteiger partial charge in [-0.05, 0) is 12.5 Å². The highest BCUT2D eigenvalue weighted by molar-refractivity contribution is 5.74. The topological polar surface area (TPSA) is 83.8 Å². The van der Waals surface area contributed by atoms with Gasteiger partial charge in [-0.1, -0.05) is 0 Å². The van der Waals surface area contributed by atoms with Crippen LogP contribution >= 0.6 is 0 Å². The van der Waals surface area contributed by atoms with Crippen molar-refractivity contribution in [2.45, 2.75) is 19.5 Å². The minimum Gasteiger partial charge on any atom is -0.481 e. The zero-order valence-electron chi connectivity index (χ0n) is 11.2. The lowest BCUT2D eigenvalue weighted by atomic mass is 10.4. The van der Waals surface area contributed by atoms with E-state index in [-0.39, 0.29) is 0 Å². The van der Waals surface area contributed by atoms with Crippen molar-refractivity contribution < 1.29 is 4.74 Å². The third-order valence-corrected chi connectivity index (χ3v) is 3.16. The van der Waals surface area contributed by atoms with Gasteiger partial charge in [0.1, 0.15) is 5.52 Å². The van der Waals surface area contributed by atoms with E-state index in [1.807, 2.05) is 21.4 Å². The van der Waals surface area contributed by atoms with Crippen LogP contribution in [0.4, 0.5) is 5.95 Å². The van der Waals surface area contributed by atoms with Crippen LogP contribution in [0, 0.1) is 0 Å². The fourth-order valence-electron chi connectivity index (χ4n) is 2.17. The van der Waals surface area contributed by atoms with Crippen molar-refractivity contribution in [2.24, 2.45) is 0 Å². The minimum atomic E-state index is 0.478. The SMILES string of the molecule is COc1ccc2nc(N)n(CCCn3ccnc3)c2n1. The molecule has 0 aliphatic rings. The van der Waals surface area contributed by atoms with E-state index in [1.165, 1.54) is 0 Å². The molecule has 3 aromatic rings. The van der Waals surface area contributed by atoms with Gasteiger partial charge in [0.25, 0.3) is 0 Å². The first-order chi connectivity index (χ1) is 9.78. The number of nitrogens with zero attached hydrogens (tertiary/aromatic N) is 5. The third kappa shape index (κ3) is 2.29. The summed E-state index contributed by atoms with van der Waals surface area (Å²) in [5.74, 6) is 1.04. The number of imidazole rings is 2. The van der Waals surface area contributed by atoms with Crippen LogP contribution in [0.1, 0.15) is 6.42 Å². The summed E-state index contributed by atoms with van der Waals surface area (Å²) in [6.45, 7) is 1.63. The molecule has 7 nitrogen and oxygen atoms in total. The molecule has 0 fully saturated rings. The molecule has 0 bridgehead atoms. The second-order valence-corrected chi connectivity index (χ2v) is 4.47. The fourth-order valence-corrected chi connectivity index (χ4v) is 2.17. The van der Waals surface area contributed by atoms with Crippen molar-refractivity contribution in [3.63, 3.8) is 0 Å². The first-order valence-electron chi connectivity index (χ1n) is 6.40. The maximum Gasteiger partial charge on any atom is 0.215 e. The highest BCUT2D eigenvalue weighted by Crippen LogP contribution is 2.19. The van der Waals surface area contributed by atoms with Crippen molar-refractivity contribution in [3.05, 3.63) is 30.9 Å². The number of nitrogen functional groups attached to an aromatic ring is 1. The smallest absolute Gasteiger partial charge is 0.215 e. The molecule has 104 valence electrons. The first kappa shape index (κ1) is 12.5. The van der Waals surface area contributed by atoms with E-state index in [2.05, 4.69) is 15.0 Å². The number of pyridine rings is 1. The molecule has 20 heavy (non-hydrogen) atoms. The van der Waals surface area contributed by atoms with Gasteiger partial charge in [0.15, 0.2) is 5.65 Å². The summed E-state index contributed by atoms with van der Waals surface area (Å²) in [6.07, 6.45) is 6.44. The molecule has 0 spiro atoms. The summed E-state index contributed by atoms with van der Waals surface area (Å²) < 4.78 is 9.09. The fraction of sp³-hybridized carbons (Fsp3) is 0.308. The van der Waals surface area contributed by atoms with Crippen LogP contribution in [-0.2, 0) is 13.1 Å². The van der Waals surface area contributed by atoms with Gasteiger partial charge in [0.2, 0.25) is 11.8 Å². The van der Waals surface area contributed by atoms with E-state index in [0.29, 0.717) is 11.8 Å².